The molecule has 2 rings (SSSR count). The Morgan fingerprint density at radius 3 is 2.50 bits per heavy atom. The monoisotopic (exact) mass is 318 g/mol. The fraction of sp³-hybridized carbons (Fsp3) is 0.250. The molecule has 6 heteroatoms. The smallest absolute Gasteiger partial charge is 0.258 e. The number of amides is 2. The van der Waals surface area contributed by atoms with Crippen LogP contribution in [0.3, 0.4) is 0 Å². The van der Waals surface area contributed by atoms with E-state index in [9.17, 15) is 9.59 Å². The third-order valence-electron chi connectivity index (χ3n) is 3.12. The Hall–Kier alpha value is -2.18. The van der Waals surface area contributed by atoms with E-state index in [4.69, 9.17) is 10.5 Å². The summed E-state index contributed by atoms with van der Waals surface area (Å²) in [6, 6.07) is 8.92. The van der Waals surface area contributed by atoms with Gasteiger partial charge in [-0.1, -0.05) is 12.1 Å². The number of carbonyl (C=O) groups excluding carboxylic acids is 2. The SMILES string of the molecule is COC[C@H](C)NC(=O)c1ccc(-c2csc(C(N)=O)c2)cc1. The minimum absolute atomic E-state index is 0.0489. The number of nitrogens with two attached hydrogens (primary N) is 1. The molecular formula is C16H18N2O3S. The summed E-state index contributed by atoms with van der Waals surface area (Å²) in [7, 11) is 1.60. The van der Waals surface area contributed by atoms with E-state index in [0.717, 1.165) is 11.1 Å². The van der Waals surface area contributed by atoms with E-state index >= 15 is 0 Å². The minimum atomic E-state index is -0.431. The number of thiophene rings is 1. The van der Waals surface area contributed by atoms with Gasteiger partial charge in [0.05, 0.1) is 11.5 Å². The number of methoxy groups -OCH3 is 1. The summed E-state index contributed by atoms with van der Waals surface area (Å²) >= 11 is 1.31. The number of benzene rings is 1. The van der Waals surface area contributed by atoms with Crippen LogP contribution in [0, 0.1) is 0 Å². The average Bonchev–Trinajstić information content (AvgIpc) is 2.97. The highest BCUT2D eigenvalue weighted by atomic mass is 32.1. The van der Waals surface area contributed by atoms with Gasteiger partial charge in [0.1, 0.15) is 0 Å². The van der Waals surface area contributed by atoms with E-state index in [2.05, 4.69) is 5.32 Å². The normalized spacial score (nSPS) is 11.9. The first kappa shape index (κ1) is 16.2. The van der Waals surface area contributed by atoms with Gasteiger partial charge in [0.15, 0.2) is 0 Å². The van der Waals surface area contributed by atoms with Crippen LogP contribution in [-0.2, 0) is 4.74 Å². The molecule has 0 unspecified atom stereocenters. The van der Waals surface area contributed by atoms with Crippen molar-refractivity contribution < 1.29 is 14.3 Å². The van der Waals surface area contributed by atoms with Crippen LogP contribution in [0.15, 0.2) is 35.7 Å². The molecular weight excluding hydrogens is 300 g/mol. The summed E-state index contributed by atoms with van der Waals surface area (Å²) in [6.07, 6.45) is 0. The van der Waals surface area contributed by atoms with E-state index in [-0.39, 0.29) is 11.9 Å². The molecule has 1 aromatic heterocycles. The van der Waals surface area contributed by atoms with E-state index in [0.29, 0.717) is 17.0 Å². The highest BCUT2D eigenvalue weighted by molar-refractivity contribution is 7.12. The summed E-state index contributed by atoms with van der Waals surface area (Å²) in [4.78, 5) is 23.7. The third-order valence-corrected chi connectivity index (χ3v) is 4.06. The van der Waals surface area contributed by atoms with Crippen LogP contribution in [-0.4, -0.2) is 31.6 Å². The number of nitrogens with one attached hydrogen (secondary N) is 1. The van der Waals surface area contributed by atoms with Crippen LogP contribution in [0.1, 0.15) is 27.0 Å². The maximum absolute atomic E-state index is 12.0. The molecule has 116 valence electrons. The first-order valence-electron chi connectivity index (χ1n) is 6.80. The molecule has 0 aliphatic carbocycles. The van der Waals surface area contributed by atoms with Gasteiger partial charge in [0, 0.05) is 18.7 Å². The predicted octanol–water partition coefficient (Wildman–Crippen LogP) is 2.28. The lowest BCUT2D eigenvalue weighted by atomic mass is 10.1. The highest BCUT2D eigenvalue weighted by Crippen LogP contribution is 2.25. The van der Waals surface area contributed by atoms with Crippen LogP contribution < -0.4 is 11.1 Å². The number of carbonyl (C=O) groups is 2. The Morgan fingerprint density at radius 2 is 1.95 bits per heavy atom. The molecule has 0 fully saturated rings. The molecule has 0 bridgehead atoms. The predicted molar refractivity (Wildman–Crippen MR) is 87.1 cm³/mol. The van der Waals surface area contributed by atoms with Gasteiger partial charge >= 0.3 is 0 Å². The molecule has 2 amide bonds. The molecule has 2 aromatic rings. The van der Waals surface area contributed by atoms with Crippen molar-refractivity contribution in [2.45, 2.75) is 13.0 Å². The molecule has 22 heavy (non-hydrogen) atoms. The van der Waals surface area contributed by atoms with E-state index in [1.807, 2.05) is 24.4 Å². The summed E-state index contributed by atoms with van der Waals surface area (Å²) in [5.74, 6) is -0.571. The zero-order chi connectivity index (χ0) is 16.1. The maximum Gasteiger partial charge on any atom is 0.258 e. The molecule has 0 saturated heterocycles. The zero-order valence-corrected chi connectivity index (χ0v) is 13.3. The van der Waals surface area contributed by atoms with Gasteiger partial charge in [0.2, 0.25) is 0 Å². The Labute approximate surface area is 133 Å². The van der Waals surface area contributed by atoms with Crippen molar-refractivity contribution in [2.75, 3.05) is 13.7 Å². The molecule has 1 atom stereocenters. The molecule has 1 aromatic carbocycles. The van der Waals surface area contributed by atoms with Gasteiger partial charge in [-0.05, 0) is 41.6 Å². The van der Waals surface area contributed by atoms with Gasteiger partial charge in [-0.25, -0.2) is 0 Å². The Bertz CT molecular complexity index is 664. The largest absolute Gasteiger partial charge is 0.383 e. The molecule has 1 heterocycles. The Balaban J connectivity index is 2.09. The van der Waals surface area contributed by atoms with Gasteiger partial charge < -0.3 is 15.8 Å². The summed E-state index contributed by atoms with van der Waals surface area (Å²) < 4.78 is 4.99. The van der Waals surface area contributed by atoms with Crippen molar-refractivity contribution in [3.8, 4) is 11.1 Å². The molecule has 0 aliphatic rings. The fourth-order valence-electron chi connectivity index (χ4n) is 2.03. The summed E-state index contributed by atoms with van der Waals surface area (Å²) in [5, 5.41) is 4.72. The number of primary amides is 1. The Kier molecular flexibility index (Phi) is 5.30. The number of ether oxygens (including phenoxy) is 1. The lowest BCUT2D eigenvalue weighted by Crippen LogP contribution is -2.35. The van der Waals surface area contributed by atoms with Gasteiger partial charge in [-0.3, -0.25) is 9.59 Å². The van der Waals surface area contributed by atoms with Crippen molar-refractivity contribution in [3.63, 3.8) is 0 Å². The standard InChI is InChI=1S/C16H18N2O3S/c1-10(8-21-2)18-16(20)12-5-3-11(4-6-12)13-7-14(15(17)19)22-9-13/h3-7,9-10H,8H2,1-2H3,(H2,17,19)(H,18,20)/t10-/m0/s1. The van der Waals surface area contributed by atoms with Crippen LogP contribution >= 0.6 is 11.3 Å². The van der Waals surface area contributed by atoms with Gasteiger partial charge in [0.25, 0.3) is 11.8 Å². The second-order valence-electron chi connectivity index (χ2n) is 4.97. The highest BCUT2D eigenvalue weighted by Gasteiger charge is 2.11. The number of rotatable bonds is 6. The quantitative estimate of drug-likeness (QED) is 0.857. The molecule has 0 saturated carbocycles. The molecule has 5 nitrogen and oxygen atoms in total. The minimum Gasteiger partial charge on any atom is -0.383 e. The average molecular weight is 318 g/mol. The molecule has 0 radical (unpaired) electrons. The zero-order valence-electron chi connectivity index (χ0n) is 12.5. The summed E-state index contributed by atoms with van der Waals surface area (Å²) in [6.45, 7) is 2.35. The van der Waals surface area contributed by atoms with Gasteiger partial charge in [-0.2, -0.15) is 0 Å². The topological polar surface area (TPSA) is 81.4 Å². The summed E-state index contributed by atoms with van der Waals surface area (Å²) in [5.41, 5.74) is 7.68. The fourth-order valence-corrected chi connectivity index (χ4v) is 2.80. The van der Waals surface area contributed by atoms with Crippen molar-refractivity contribution in [3.05, 3.63) is 46.2 Å². The molecule has 0 aliphatic heterocycles. The molecule has 3 N–H and O–H groups in total. The van der Waals surface area contributed by atoms with E-state index in [1.54, 1.807) is 25.3 Å². The Morgan fingerprint density at radius 1 is 1.27 bits per heavy atom. The first-order chi connectivity index (χ1) is 10.5. The van der Waals surface area contributed by atoms with Crippen LogP contribution in [0.2, 0.25) is 0 Å². The van der Waals surface area contributed by atoms with Crippen LogP contribution in [0.5, 0.6) is 0 Å². The third kappa shape index (κ3) is 3.93. The van der Waals surface area contributed by atoms with Gasteiger partial charge in [-0.15, -0.1) is 11.3 Å². The van der Waals surface area contributed by atoms with Crippen molar-refractivity contribution in [1.82, 2.24) is 5.32 Å². The molecule has 0 spiro atoms. The second kappa shape index (κ2) is 7.20. The van der Waals surface area contributed by atoms with Crippen LogP contribution in [0.25, 0.3) is 11.1 Å². The number of hydrogen-bond donors (Lipinski definition) is 2. The first-order valence-corrected chi connectivity index (χ1v) is 7.67. The van der Waals surface area contributed by atoms with Crippen LogP contribution in [0.4, 0.5) is 0 Å². The van der Waals surface area contributed by atoms with E-state index < -0.39 is 5.91 Å². The lowest BCUT2D eigenvalue weighted by Gasteiger charge is -2.12. The lowest BCUT2D eigenvalue weighted by molar-refractivity contribution is 0.0905. The second-order valence-corrected chi connectivity index (χ2v) is 5.88. The van der Waals surface area contributed by atoms with E-state index in [1.165, 1.54) is 11.3 Å². The van der Waals surface area contributed by atoms with Crippen molar-refractivity contribution in [2.24, 2.45) is 5.73 Å². The van der Waals surface area contributed by atoms with Crippen molar-refractivity contribution >= 4 is 23.2 Å². The number of hydrogen-bond acceptors (Lipinski definition) is 4. The van der Waals surface area contributed by atoms with Crippen molar-refractivity contribution in [1.29, 1.82) is 0 Å². The maximum atomic E-state index is 12.0.